The Morgan fingerprint density at radius 2 is 2.38 bits per heavy atom. The highest BCUT2D eigenvalue weighted by atomic mass is 16.5. The minimum Gasteiger partial charge on any atom is -0.377 e. The van der Waals surface area contributed by atoms with Gasteiger partial charge in [0.25, 0.3) is 0 Å². The maximum atomic E-state index is 9.35. The number of dihydropyridines is 1. The number of allylic oxidation sites excluding steroid dienone is 2. The number of nitriles is 1. The van der Waals surface area contributed by atoms with Crippen molar-refractivity contribution < 1.29 is 4.74 Å². The summed E-state index contributed by atoms with van der Waals surface area (Å²) in [7, 11) is 1.62. The molecule has 0 fully saturated rings. The van der Waals surface area contributed by atoms with Crippen LogP contribution in [-0.2, 0) is 24.2 Å². The van der Waals surface area contributed by atoms with Gasteiger partial charge in [-0.05, 0) is 37.4 Å². The summed E-state index contributed by atoms with van der Waals surface area (Å²) in [6, 6.07) is 2.16. The summed E-state index contributed by atoms with van der Waals surface area (Å²) in [6.07, 6.45) is 11.1. The fourth-order valence-electron chi connectivity index (χ4n) is 3.41. The summed E-state index contributed by atoms with van der Waals surface area (Å²) in [4.78, 5) is 9.27. The van der Waals surface area contributed by atoms with E-state index in [1.54, 1.807) is 36.3 Å². The van der Waals surface area contributed by atoms with E-state index in [4.69, 9.17) is 10.1 Å². The first-order valence-corrected chi connectivity index (χ1v) is 9.68. The molecule has 0 spiro atoms. The molecule has 2 aromatic heterocycles. The van der Waals surface area contributed by atoms with Crippen LogP contribution >= 0.6 is 0 Å². The van der Waals surface area contributed by atoms with Gasteiger partial charge in [0.05, 0.1) is 17.3 Å². The van der Waals surface area contributed by atoms with Crippen LogP contribution < -0.4 is 10.6 Å². The van der Waals surface area contributed by atoms with Crippen LogP contribution in [0.15, 0.2) is 30.3 Å². The molecule has 0 saturated carbocycles. The average molecular weight is 394 g/mol. The molecule has 0 amide bonds. The Morgan fingerprint density at radius 3 is 3.10 bits per heavy atom. The van der Waals surface area contributed by atoms with Gasteiger partial charge >= 0.3 is 0 Å². The summed E-state index contributed by atoms with van der Waals surface area (Å²) < 4.78 is 6.85. The topological polar surface area (TPSA) is 124 Å². The number of ether oxygens (including phenoxy) is 1. The normalized spacial score (nSPS) is 16.9. The molecule has 0 saturated heterocycles. The summed E-state index contributed by atoms with van der Waals surface area (Å²) in [6.45, 7) is 2.47. The van der Waals surface area contributed by atoms with Gasteiger partial charge in [-0.25, -0.2) is 14.5 Å². The molecule has 2 atom stereocenters. The Bertz CT molecular complexity index is 955. The third kappa shape index (κ3) is 4.85. The third-order valence-electron chi connectivity index (χ3n) is 4.71. The summed E-state index contributed by atoms with van der Waals surface area (Å²) >= 11 is 0. The molecule has 0 bridgehead atoms. The lowest BCUT2D eigenvalue weighted by Gasteiger charge is -2.26. The molecule has 0 aliphatic carbocycles. The van der Waals surface area contributed by atoms with E-state index in [0.29, 0.717) is 30.8 Å². The number of hydrogen-bond acceptors (Lipinski definition) is 8. The highest BCUT2D eigenvalue weighted by Gasteiger charge is 2.22. The van der Waals surface area contributed by atoms with Crippen molar-refractivity contribution in [2.45, 2.75) is 51.4 Å². The van der Waals surface area contributed by atoms with Gasteiger partial charge < -0.3 is 15.5 Å². The smallest absolute Gasteiger partial charge is 0.177 e. The van der Waals surface area contributed by atoms with Crippen molar-refractivity contribution in [3.05, 3.63) is 47.3 Å². The van der Waals surface area contributed by atoms with E-state index in [9.17, 15) is 5.26 Å². The van der Waals surface area contributed by atoms with Crippen LogP contribution in [0.2, 0.25) is 0 Å². The summed E-state index contributed by atoms with van der Waals surface area (Å²) in [5, 5.41) is 28.0. The average Bonchev–Trinajstić information content (AvgIpc) is 3.13. The lowest BCUT2D eigenvalue weighted by Crippen LogP contribution is -2.48. The first kappa shape index (κ1) is 20.6. The van der Waals surface area contributed by atoms with Crippen molar-refractivity contribution in [1.29, 1.82) is 10.7 Å². The van der Waals surface area contributed by atoms with Crippen LogP contribution in [0.3, 0.4) is 0 Å². The van der Waals surface area contributed by atoms with Crippen LogP contribution in [0.25, 0.3) is 5.65 Å². The molecule has 0 aromatic carbocycles. The maximum absolute atomic E-state index is 9.35. The number of aryl methyl sites for hydroxylation is 1. The number of hydrogen-bond donors (Lipinski definition) is 3. The van der Waals surface area contributed by atoms with E-state index in [1.807, 2.05) is 0 Å². The van der Waals surface area contributed by atoms with Crippen LogP contribution in [0.4, 0.5) is 0 Å². The minimum atomic E-state index is -0.283. The second kappa shape index (κ2) is 9.91. The van der Waals surface area contributed by atoms with Crippen LogP contribution in [0, 0.1) is 16.7 Å². The van der Waals surface area contributed by atoms with E-state index < -0.39 is 0 Å². The predicted octanol–water partition coefficient (Wildman–Crippen LogP) is 1.66. The highest BCUT2D eigenvalue weighted by molar-refractivity contribution is 5.54. The van der Waals surface area contributed by atoms with Crippen LogP contribution in [0.1, 0.15) is 36.8 Å². The van der Waals surface area contributed by atoms with Crippen molar-refractivity contribution in [2.75, 3.05) is 7.11 Å². The molecule has 29 heavy (non-hydrogen) atoms. The number of nitrogens with one attached hydrogen (secondary N) is 3. The van der Waals surface area contributed by atoms with Gasteiger partial charge in [0.1, 0.15) is 19.1 Å². The first-order chi connectivity index (χ1) is 14.2. The lowest BCUT2D eigenvalue weighted by atomic mass is 10.0. The van der Waals surface area contributed by atoms with Crippen molar-refractivity contribution in [3.8, 4) is 6.07 Å². The zero-order chi connectivity index (χ0) is 20.6. The second-order valence-electron chi connectivity index (χ2n) is 6.85. The fraction of sp³-hybridized carbons (Fsp3) is 0.450. The molecule has 3 rings (SSSR count). The second-order valence-corrected chi connectivity index (χ2v) is 6.85. The number of rotatable bonds is 10. The molecular weight excluding hydrogens is 368 g/mol. The van der Waals surface area contributed by atoms with Crippen LogP contribution in [0.5, 0.6) is 0 Å². The number of nitrogens with zero attached hydrogens (tertiary/aromatic N) is 5. The molecule has 0 radical (unpaired) electrons. The van der Waals surface area contributed by atoms with Gasteiger partial charge in [0, 0.05) is 25.1 Å². The quantitative estimate of drug-likeness (QED) is 0.523. The molecular formula is C20H26N8O. The van der Waals surface area contributed by atoms with E-state index in [1.165, 1.54) is 6.21 Å². The molecule has 9 heteroatoms. The van der Waals surface area contributed by atoms with E-state index >= 15 is 0 Å². The molecule has 2 aromatic rings. The zero-order valence-electron chi connectivity index (χ0n) is 16.7. The maximum Gasteiger partial charge on any atom is 0.177 e. The lowest BCUT2D eigenvalue weighted by molar-refractivity contribution is 0.178. The highest BCUT2D eigenvalue weighted by Crippen LogP contribution is 2.18. The Hall–Kier alpha value is -3.09. The molecule has 2 unspecified atom stereocenters. The molecule has 3 heterocycles. The molecule has 1 aliphatic rings. The van der Waals surface area contributed by atoms with Gasteiger partial charge in [-0.1, -0.05) is 13.3 Å². The van der Waals surface area contributed by atoms with Crippen molar-refractivity contribution >= 4 is 11.9 Å². The predicted molar refractivity (Wildman–Crippen MR) is 109 cm³/mol. The Labute approximate surface area is 170 Å². The molecule has 152 valence electrons. The van der Waals surface area contributed by atoms with Gasteiger partial charge in [-0.2, -0.15) is 5.26 Å². The van der Waals surface area contributed by atoms with Gasteiger partial charge in [0.15, 0.2) is 11.5 Å². The van der Waals surface area contributed by atoms with Crippen LogP contribution in [-0.4, -0.2) is 45.1 Å². The summed E-state index contributed by atoms with van der Waals surface area (Å²) in [5.41, 5.74) is 3.41. The van der Waals surface area contributed by atoms with Crippen molar-refractivity contribution in [2.24, 2.45) is 0 Å². The SMILES string of the molecule is CCCc1c(CC(CC=N)NC2NC=CC=C2C#N)ncn2nc(COC)nc12. The number of aromatic nitrogens is 4. The standard InChI is InChI=1S/C20H26N8O/c1-3-5-16-17(24-13-28-20(16)26-18(27-28)12-29-2)10-15(7-8-21)25-19-14(11-22)6-4-9-23-19/h4,6,8-9,13,15,19,21,23,25H,3,5,7,10,12H2,1-2H3. The number of fused-ring (bicyclic) bond motifs is 1. The van der Waals surface area contributed by atoms with E-state index in [2.05, 4.69) is 38.7 Å². The Kier molecular flexibility index (Phi) is 7.05. The first-order valence-electron chi connectivity index (χ1n) is 9.68. The summed E-state index contributed by atoms with van der Waals surface area (Å²) in [5.74, 6) is 0.625. The monoisotopic (exact) mass is 394 g/mol. The number of methoxy groups -OCH3 is 1. The van der Waals surface area contributed by atoms with E-state index in [-0.39, 0.29) is 12.2 Å². The fourth-order valence-corrected chi connectivity index (χ4v) is 3.41. The zero-order valence-corrected chi connectivity index (χ0v) is 16.7. The van der Waals surface area contributed by atoms with Gasteiger partial charge in [0.2, 0.25) is 0 Å². The van der Waals surface area contributed by atoms with Gasteiger partial charge in [-0.15, -0.1) is 5.10 Å². The molecule has 1 aliphatic heterocycles. The molecule has 3 N–H and O–H groups in total. The third-order valence-corrected chi connectivity index (χ3v) is 4.71. The minimum absolute atomic E-state index is 0.0554. The Morgan fingerprint density at radius 1 is 1.52 bits per heavy atom. The Balaban J connectivity index is 1.87. The molecule has 9 nitrogen and oxygen atoms in total. The largest absolute Gasteiger partial charge is 0.377 e. The van der Waals surface area contributed by atoms with Crippen molar-refractivity contribution in [3.63, 3.8) is 0 Å². The van der Waals surface area contributed by atoms with E-state index in [0.717, 1.165) is 29.7 Å². The van der Waals surface area contributed by atoms with Crippen molar-refractivity contribution in [1.82, 2.24) is 30.2 Å². The van der Waals surface area contributed by atoms with Gasteiger partial charge in [-0.3, -0.25) is 5.32 Å².